The molecule has 20 heavy (non-hydrogen) atoms. The van der Waals surface area contributed by atoms with Crippen LogP contribution < -0.4 is 0 Å². The Kier molecular flexibility index (Phi) is 4.69. The summed E-state index contributed by atoms with van der Waals surface area (Å²) in [5, 5.41) is 9.48. The third-order valence-corrected chi connectivity index (χ3v) is 2.90. The molecule has 102 valence electrons. The zero-order valence-electron chi connectivity index (χ0n) is 11.0. The second kappa shape index (κ2) is 6.68. The minimum absolute atomic E-state index is 0.542. The van der Waals surface area contributed by atoms with Crippen molar-refractivity contribution in [2.24, 2.45) is 0 Å². The lowest BCUT2D eigenvalue weighted by Crippen LogP contribution is -2.23. The van der Waals surface area contributed by atoms with E-state index in [4.69, 9.17) is 4.74 Å². The van der Waals surface area contributed by atoms with Gasteiger partial charge in [0.15, 0.2) is 12.2 Å². The summed E-state index contributed by atoms with van der Waals surface area (Å²) in [5.41, 5.74) is 1.70. The quantitative estimate of drug-likeness (QED) is 0.670. The SMILES string of the molecule is C=CC(O)C(=O)OC(c1ccccc1)c1ccccc1. The number of benzene rings is 2. The van der Waals surface area contributed by atoms with Crippen LogP contribution in [-0.2, 0) is 9.53 Å². The molecule has 0 aliphatic carbocycles. The fourth-order valence-corrected chi connectivity index (χ4v) is 1.87. The number of aliphatic hydroxyl groups is 1. The molecule has 0 heterocycles. The van der Waals surface area contributed by atoms with Crippen molar-refractivity contribution in [3.8, 4) is 0 Å². The monoisotopic (exact) mass is 268 g/mol. The van der Waals surface area contributed by atoms with Crippen LogP contribution in [0.3, 0.4) is 0 Å². The smallest absolute Gasteiger partial charge is 0.339 e. The van der Waals surface area contributed by atoms with Gasteiger partial charge in [-0.15, -0.1) is 0 Å². The maximum atomic E-state index is 11.8. The minimum atomic E-state index is -1.31. The van der Waals surface area contributed by atoms with Crippen molar-refractivity contribution in [1.29, 1.82) is 0 Å². The van der Waals surface area contributed by atoms with Crippen LogP contribution in [0.15, 0.2) is 73.3 Å². The third-order valence-electron chi connectivity index (χ3n) is 2.90. The Labute approximate surface area is 118 Å². The van der Waals surface area contributed by atoms with Crippen LogP contribution in [0.4, 0.5) is 0 Å². The van der Waals surface area contributed by atoms with Gasteiger partial charge in [0, 0.05) is 0 Å². The van der Waals surface area contributed by atoms with Crippen LogP contribution in [0.1, 0.15) is 17.2 Å². The maximum absolute atomic E-state index is 11.8. The highest BCUT2D eigenvalue weighted by Crippen LogP contribution is 2.26. The number of aliphatic hydroxyl groups excluding tert-OH is 1. The van der Waals surface area contributed by atoms with Gasteiger partial charge in [0.1, 0.15) is 0 Å². The Morgan fingerprint density at radius 2 is 1.45 bits per heavy atom. The lowest BCUT2D eigenvalue weighted by molar-refractivity contribution is -0.154. The highest BCUT2D eigenvalue weighted by atomic mass is 16.6. The molecule has 2 aromatic carbocycles. The molecule has 0 aromatic heterocycles. The van der Waals surface area contributed by atoms with Gasteiger partial charge in [-0.25, -0.2) is 4.79 Å². The Balaban J connectivity index is 2.31. The van der Waals surface area contributed by atoms with Crippen LogP contribution in [0.5, 0.6) is 0 Å². The first-order chi connectivity index (χ1) is 9.72. The van der Waals surface area contributed by atoms with Gasteiger partial charge in [-0.2, -0.15) is 0 Å². The molecular formula is C17H16O3. The number of carbonyl (C=O) groups excluding carboxylic acids is 1. The van der Waals surface area contributed by atoms with Crippen LogP contribution in [0, 0.1) is 0 Å². The first-order valence-electron chi connectivity index (χ1n) is 6.33. The lowest BCUT2D eigenvalue weighted by atomic mass is 10.0. The van der Waals surface area contributed by atoms with Gasteiger partial charge in [0.25, 0.3) is 0 Å². The van der Waals surface area contributed by atoms with Crippen molar-refractivity contribution in [3.63, 3.8) is 0 Å². The van der Waals surface area contributed by atoms with Crippen LogP contribution in [-0.4, -0.2) is 17.2 Å². The van der Waals surface area contributed by atoms with E-state index >= 15 is 0 Å². The Hall–Kier alpha value is -2.39. The molecule has 1 N–H and O–H groups in total. The van der Waals surface area contributed by atoms with Gasteiger partial charge in [-0.05, 0) is 11.1 Å². The lowest BCUT2D eigenvalue weighted by Gasteiger charge is -2.19. The fourth-order valence-electron chi connectivity index (χ4n) is 1.87. The van der Waals surface area contributed by atoms with Crippen molar-refractivity contribution in [2.45, 2.75) is 12.2 Å². The Morgan fingerprint density at radius 3 is 1.85 bits per heavy atom. The largest absolute Gasteiger partial charge is 0.450 e. The van der Waals surface area contributed by atoms with E-state index in [9.17, 15) is 9.90 Å². The summed E-state index contributed by atoms with van der Waals surface area (Å²) < 4.78 is 5.42. The predicted molar refractivity (Wildman–Crippen MR) is 77.0 cm³/mol. The predicted octanol–water partition coefficient (Wildman–Crippen LogP) is 2.87. The topological polar surface area (TPSA) is 46.5 Å². The number of rotatable bonds is 5. The first-order valence-corrected chi connectivity index (χ1v) is 6.33. The Morgan fingerprint density at radius 1 is 1.00 bits per heavy atom. The first kappa shape index (κ1) is 14.0. The average molecular weight is 268 g/mol. The normalized spacial score (nSPS) is 11.9. The van der Waals surface area contributed by atoms with E-state index in [-0.39, 0.29) is 0 Å². The molecule has 0 bridgehead atoms. The van der Waals surface area contributed by atoms with Crippen LogP contribution in [0.25, 0.3) is 0 Å². The van der Waals surface area contributed by atoms with E-state index in [2.05, 4.69) is 6.58 Å². The van der Waals surface area contributed by atoms with E-state index in [1.165, 1.54) is 0 Å². The number of carbonyl (C=O) groups is 1. The zero-order valence-corrected chi connectivity index (χ0v) is 11.0. The molecule has 0 saturated heterocycles. The summed E-state index contributed by atoms with van der Waals surface area (Å²) in [6.07, 6.45) is -0.709. The molecule has 0 amide bonds. The number of ether oxygens (including phenoxy) is 1. The van der Waals surface area contributed by atoms with Gasteiger partial charge in [0.05, 0.1) is 0 Å². The number of hydrogen-bond donors (Lipinski definition) is 1. The Bertz CT molecular complexity index is 524. The fraction of sp³-hybridized carbons (Fsp3) is 0.118. The number of hydrogen-bond acceptors (Lipinski definition) is 3. The van der Waals surface area contributed by atoms with Crippen molar-refractivity contribution >= 4 is 5.97 Å². The highest BCUT2D eigenvalue weighted by molar-refractivity contribution is 5.77. The molecule has 3 nitrogen and oxygen atoms in total. The zero-order chi connectivity index (χ0) is 14.4. The molecule has 1 atom stereocenters. The second-order valence-electron chi connectivity index (χ2n) is 4.32. The molecule has 2 aromatic rings. The molecule has 1 unspecified atom stereocenters. The minimum Gasteiger partial charge on any atom is -0.450 e. The van der Waals surface area contributed by atoms with Crippen molar-refractivity contribution in [2.75, 3.05) is 0 Å². The molecule has 2 rings (SSSR count). The van der Waals surface area contributed by atoms with E-state index < -0.39 is 18.2 Å². The summed E-state index contributed by atoms with van der Waals surface area (Å²) in [7, 11) is 0. The summed E-state index contributed by atoms with van der Waals surface area (Å²) in [6, 6.07) is 18.8. The molecule has 0 aliphatic rings. The molecule has 0 spiro atoms. The second-order valence-corrected chi connectivity index (χ2v) is 4.32. The summed E-state index contributed by atoms with van der Waals surface area (Å²) in [5.74, 6) is -0.710. The van der Waals surface area contributed by atoms with Crippen molar-refractivity contribution in [1.82, 2.24) is 0 Å². The third kappa shape index (κ3) is 3.33. The van der Waals surface area contributed by atoms with E-state index in [0.717, 1.165) is 17.2 Å². The average Bonchev–Trinajstić information content (AvgIpc) is 2.53. The van der Waals surface area contributed by atoms with Crippen molar-refractivity contribution in [3.05, 3.63) is 84.4 Å². The molecule has 0 aliphatic heterocycles. The standard InChI is InChI=1S/C17H16O3/c1-2-15(18)17(19)20-16(13-9-5-3-6-10-13)14-11-7-4-8-12-14/h2-12,15-16,18H,1H2. The van der Waals surface area contributed by atoms with Gasteiger partial charge in [0.2, 0.25) is 0 Å². The number of esters is 1. The van der Waals surface area contributed by atoms with E-state index in [1.807, 2.05) is 60.7 Å². The van der Waals surface area contributed by atoms with Crippen LogP contribution >= 0.6 is 0 Å². The van der Waals surface area contributed by atoms with Gasteiger partial charge >= 0.3 is 5.97 Å². The van der Waals surface area contributed by atoms with Gasteiger partial charge < -0.3 is 9.84 Å². The summed E-state index contributed by atoms with van der Waals surface area (Å²) >= 11 is 0. The molecule has 0 fully saturated rings. The maximum Gasteiger partial charge on any atom is 0.339 e. The summed E-state index contributed by atoms with van der Waals surface area (Å²) in [6.45, 7) is 3.38. The van der Waals surface area contributed by atoms with Crippen LogP contribution in [0.2, 0.25) is 0 Å². The molecule has 0 saturated carbocycles. The highest BCUT2D eigenvalue weighted by Gasteiger charge is 2.21. The summed E-state index contributed by atoms with van der Waals surface area (Å²) in [4.78, 5) is 11.8. The van der Waals surface area contributed by atoms with E-state index in [1.54, 1.807) is 0 Å². The van der Waals surface area contributed by atoms with Gasteiger partial charge in [-0.1, -0.05) is 73.3 Å². The molecule has 0 radical (unpaired) electrons. The molecule has 3 heteroatoms. The van der Waals surface area contributed by atoms with Crippen molar-refractivity contribution < 1.29 is 14.6 Å². The van der Waals surface area contributed by atoms with E-state index in [0.29, 0.717) is 0 Å². The molecular weight excluding hydrogens is 252 g/mol. The van der Waals surface area contributed by atoms with Gasteiger partial charge in [-0.3, -0.25) is 0 Å².